The standard InChI is InChI=1S/C27H28N6O5S.C22H28BrN5O5/c1-16(34)32-9-7-17(8-10-32)27-26-20(18-5-6-19-12-30-39-22(19)11-18)3-2-4-21(26)33(31-27)15-24(36)28-13-23(35)29-14-25(37)38;1-3-33-20(32)12-25-18(30)11-24-19(31)13-28-17-6-4-5-16(23)21(17)22(26-28)15-7-9-27(10-8-15)14(2)29/h2-6,11-12,17H,7-10,13-15H2,1H3,(H,28,36)(H,29,35)(H,37,38);4-6,15H,3,7-13H2,1-2H3,(H,24,31)(H,25,30). The van der Waals surface area contributed by atoms with Crippen LogP contribution in [0.15, 0.2) is 65.3 Å². The number of fused-ring (bicyclic) bond motifs is 3. The van der Waals surface area contributed by atoms with Crippen LogP contribution in [0.2, 0.25) is 0 Å². The Hall–Kier alpha value is -7.27. The Morgan fingerprint density at radius 1 is 0.681 bits per heavy atom. The summed E-state index contributed by atoms with van der Waals surface area (Å²) in [6.45, 7) is 6.23. The zero-order valence-electron chi connectivity index (χ0n) is 40.1. The van der Waals surface area contributed by atoms with Crippen LogP contribution in [-0.4, -0.2) is 145 Å². The summed E-state index contributed by atoms with van der Waals surface area (Å²) in [5.41, 5.74) is 5.44. The van der Waals surface area contributed by atoms with Crippen molar-refractivity contribution in [2.75, 3.05) is 59.0 Å². The van der Waals surface area contributed by atoms with Crippen LogP contribution >= 0.6 is 27.5 Å². The number of hydrogen-bond donors (Lipinski definition) is 5. The van der Waals surface area contributed by atoms with E-state index in [0.717, 1.165) is 84.6 Å². The average Bonchev–Trinajstić information content (AvgIpc) is 4.10. The molecule has 5 heterocycles. The molecular weight excluding hydrogens is 1010 g/mol. The van der Waals surface area contributed by atoms with Gasteiger partial charge >= 0.3 is 11.9 Å². The molecule has 2 aliphatic rings. The van der Waals surface area contributed by atoms with Gasteiger partial charge in [-0.05, 0) is 79.5 Å². The molecule has 5 N–H and O–H groups in total. The lowest BCUT2D eigenvalue weighted by Crippen LogP contribution is -2.40. The molecule has 6 amide bonds. The second-order valence-corrected chi connectivity index (χ2v) is 19.1. The first-order valence-corrected chi connectivity index (χ1v) is 25.1. The number of nitrogens with zero attached hydrogens (tertiary/aromatic N) is 7. The van der Waals surface area contributed by atoms with E-state index in [2.05, 4.69) is 59.8 Å². The molecule has 0 saturated carbocycles. The van der Waals surface area contributed by atoms with Crippen LogP contribution in [0.25, 0.3) is 43.0 Å². The summed E-state index contributed by atoms with van der Waals surface area (Å²) in [7, 11) is 0. The van der Waals surface area contributed by atoms with Crippen molar-refractivity contribution in [3.63, 3.8) is 0 Å². The minimum absolute atomic E-state index is 0.0512. The first-order chi connectivity index (χ1) is 34.6. The number of aliphatic carboxylic acids is 1. The quantitative estimate of drug-likeness (QED) is 0.0868. The Morgan fingerprint density at radius 2 is 1.19 bits per heavy atom. The van der Waals surface area contributed by atoms with E-state index in [1.165, 1.54) is 11.5 Å². The molecule has 3 aromatic heterocycles. The fraction of sp³-hybridized carbons (Fsp3) is 0.408. The van der Waals surface area contributed by atoms with Crippen LogP contribution in [0, 0.1) is 0 Å². The molecule has 2 fully saturated rings. The van der Waals surface area contributed by atoms with Gasteiger partial charge in [0.15, 0.2) is 0 Å². The minimum Gasteiger partial charge on any atom is -0.480 e. The molecule has 0 bridgehead atoms. The third-order valence-electron chi connectivity index (χ3n) is 12.5. The zero-order valence-corrected chi connectivity index (χ0v) is 42.5. The predicted molar refractivity (Wildman–Crippen MR) is 271 cm³/mol. The van der Waals surface area contributed by atoms with E-state index in [-0.39, 0.29) is 68.9 Å². The molecule has 8 rings (SSSR count). The zero-order chi connectivity index (χ0) is 51.5. The van der Waals surface area contributed by atoms with Crippen molar-refractivity contribution in [3.8, 4) is 11.1 Å². The van der Waals surface area contributed by atoms with E-state index >= 15 is 0 Å². The maximum Gasteiger partial charge on any atom is 0.325 e. The van der Waals surface area contributed by atoms with Crippen LogP contribution in [-0.2, 0) is 56.2 Å². The van der Waals surface area contributed by atoms with Gasteiger partial charge < -0.3 is 40.9 Å². The lowest BCUT2D eigenvalue weighted by molar-refractivity contribution is -0.143. The van der Waals surface area contributed by atoms with Gasteiger partial charge in [-0.2, -0.15) is 14.6 Å². The molecule has 0 aliphatic carbocycles. The predicted octanol–water partition coefficient (Wildman–Crippen LogP) is 3.68. The van der Waals surface area contributed by atoms with Crippen LogP contribution in [0.1, 0.15) is 69.7 Å². The molecule has 0 spiro atoms. The van der Waals surface area contributed by atoms with Gasteiger partial charge in [0, 0.05) is 78.7 Å². The number of likely N-dealkylation sites (tertiary alicyclic amines) is 2. The fourth-order valence-corrected chi connectivity index (χ4v) is 10.2. The number of rotatable bonds is 16. The van der Waals surface area contributed by atoms with E-state index in [1.807, 2.05) is 52.4 Å². The highest BCUT2D eigenvalue weighted by molar-refractivity contribution is 9.10. The Balaban J connectivity index is 0.000000215. The van der Waals surface area contributed by atoms with Gasteiger partial charge in [-0.1, -0.05) is 46.3 Å². The van der Waals surface area contributed by atoms with Crippen LogP contribution in [0.3, 0.4) is 0 Å². The number of carboxylic acid groups (broad SMARTS) is 1. The second kappa shape index (κ2) is 24.2. The molecule has 21 nitrogen and oxygen atoms in total. The Labute approximate surface area is 426 Å². The summed E-state index contributed by atoms with van der Waals surface area (Å²) >= 11 is 5.05. The van der Waals surface area contributed by atoms with Gasteiger partial charge in [-0.25, -0.2) is 0 Å². The van der Waals surface area contributed by atoms with Crippen molar-refractivity contribution in [3.05, 3.63) is 76.7 Å². The van der Waals surface area contributed by atoms with Gasteiger partial charge in [-0.3, -0.25) is 47.7 Å². The number of esters is 1. The van der Waals surface area contributed by atoms with Crippen molar-refractivity contribution >= 4 is 107 Å². The number of nitrogens with one attached hydrogen (secondary N) is 4. The maximum atomic E-state index is 12.8. The molecule has 2 aliphatic heterocycles. The number of benzene rings is 3. The molecule has 72 heavy (non-hydrogen) atoms. The molecule has 0 unspecified atom stereocenters. The normalized spacial score (nSPS) is 14.1. The topological polar surface area (TPSA) is 269 Å². The SMILES string of the molecule is CC(=O)N1CCC(c2nn(CC(=O)NCC(=O)NCC(=O)O)c3cccc(-c4ccc5cnsc5c4)c23)CC1.CCOC(=O)CNC(=O)CNC(=O)Cn1nc(C2CCN(C(C)=O)CC2)c2c(Br)cccc21. The highest BCUT2D eigenvalue weighted by Gasteiger charge is 2.30. The van der Waals surface area contributed by atoms with Crippen molar-refractivity contribution in [2.45, 2.75) is 71.4 Å². The molecule has 23 heteroatoms. The molecule has 3 aromatic carbocycles. The summed E-state index contributed by atoms with van der Waals surface area (Å²) in [5, 5.41) is 31.1. The van der Waals surface area contributed by atoms with Gasteiger partial charge in [0.2, 0.25) is 35.4 Å². The summed E-state index contributed by atoms with van der Waals surface area (Å²) in [4.78, 5) is 98.1. The summed E-state index contributed by atoms with van der Waals surface area (Å²) in [5.74, 6) is -3.13. The highest BCUT2D eigenvalue weighted by Crippen LogP contribution is 2.40. The minimum atomic E-state index is -1.16. The number of piperidine rings is 2. The third-order valence-corrected chi connectivity index (χ3v) is 14.0. The van der Waals surface area contributed by atoms with Gasteiger partial charge in [0.1, 0.15) is 26.2 Å². The Morgan fingerprint density at radius 3 is 1.74 bits per heavy atom. The van der Waals surface area contributed by atoms with Crippen LogP contribution in [0.4, 0.5) is 0 Å². The highest BCUT2D eigenvalue weighted by atomic mass is 79.9. The van der Waals surface area contributed by atoms with E-state index in [4.69, 9.17) is 20.0 Å². The van der Waals surface area contributed by atoms with E-state index < -0.39 is 36.2 Å². The Kier molecular flexibility index (Phi) is 17.7. The van der Waals surface area contributed by atoms with Gasteiger partial charge in [0.25, 0.3) is 0 Å². The van der Waals surface area contributed by atoms with Crippen LogP contribution in [0.5, 0.6) is 0 Å². The molecule has 2 saturated heterocycles. The van der Waals surface area contributed by atoms with Crippen molar-refractivity contribution in [2.24, 2.45) is 0 Å². The first-order valence-electron chi connectivity index (χ1n) is 23.5. The average molecular weight is 1070 g/mol. The van der Waals surface area contributed by atoms with Crippen molar-refractivity contribution in [1.29, 1.82) is 0 Å². The molecular formula is C49H56BrN11O10S. The summed E-state index contributed by atoms with van der Waals surface area (Å²) in [6.07, 6.45) is 4.99. The third kappa shape index (κ3) is 13.2. The number of carboxylic acids is 1. The fourth-order valence-electron chi connectivity index (χ4n) is 8.91. The number of halogens is 1. The molecule has 0 radical (unpaired) electrons. The summed E-state index contributed by atoms with van der Waals surface area (Å²) < 4.78 is 14.3. The molecule has 380 valence electrons. The Bertz CT molecular complexity index is 3010. The van der Waals surface area contributed by atoms with E-state index in [1.54, 1.807) is 30.1 Å². The lowest BCUT2D eigenvalue weighted by atomic mass is 9.89. The smallest absolute Gasteiger partial charge is 0.325 e. The lowest BCUT2D eigenvalue weighted by Gasteiger charge is -2.30. The summed E-state index contributed by atoms with van der Waals surface area (Å²) in [6, 6.07) is 17.9. The van der Waals surface area contributed by atoms with Gasteiger partial charge in [-0.15, -0.1) is 0 Å². The van der Waals surface area contributed by atoms with Crippen molar-refractivity contribution in [1.82, 2.24) is 55.0 Å². The number of carbonyl (C=O) groups excluding carboxylic acids is 7. The number of aromatic nitrogens is 5. The number of ether oxygens (including phenoxy) is 1. The molecule has 6 aromatic rings. The van der Waals surface area contributed by atoms with Crippen LogP contribution < -0.4 is 21.3 Å². The molecule has 0 atom stereocenters. The maximum absolute atomic E-state index is 12.8. The van der Waals surface area contributed by atoms with E-state index in [9.17, 15) is 38.4 Å². The second-order valence-electron chi connectivity index (χ2n) is 17.4. The van der Waals surface area contributed by atoms with Gasteiger partial charge in [0.05, 0.1) is 46.8 Å². The monoisotopic (exact) mass is 1070 g/mol. The van der Waals surface area contributed by atoms with E-state index in [0.29, 0.717) is 26.2 Å². The number of hydrogen-bond acceptors (Lipinski definition) is 13. The largest absolute Gasteiger partial charge is 0.480 e. The first kappa shape index (κ1) is 52.6. The number of carbonyl (C=O) groups is 8. The number of amides is 6. The van der Waals surface area contributed by atoms with Crippen molar-refractivity contribution < 1.29 is 48.2 Å².